The number of ether oxygens (including phenoxy) is 1. The smallest absolute Gasteiger partial charge is 0.119 e. The summed E-state index contributed by atoms with van der Waals surface area (Å²) in [7, 11) is 1.72. The van der Waals surface area contributed by atoms with Gasteiger partial charge in [0.15, 0.2) is 0 Å². The standard InChI is InChI=1S/C20H28O/c1-16(14-19-12-6-9-17(19)2)8-4-5-10-18-11-7-13-20(15-18)21-3/h4,7-8,11,13,15-16H,5-6,9-10,12,14H2,1-3H3. The molecule has 0 fully saturated rings. The second-order valence-electron chi connectivity index (χ2n) is 6.24. The van der Waals surface area contributed by atoms with Crippen LogP contribution in [0.25, 0.3) is 0 Å². The van der Waals surface area contributed by atoms with Crippen molar-refractivity contribution in [3.05, 3.63) is 53.1 Å². The lowest BCUT2D eigenvalue weighted by molar-refractivity contribution is 0.414. The largest absolute Gasteiger partial charge is 0.497 e. The predicted octanol–water partition coefficient (Wildman–Crippen LogP) is 5.71. The number of rotatable bonds is 7. The van der Waals surface area contributed by atoms with Gasteiger partial charge in [-0.15, -0.1) is 0 Å². The molecule has 21 heavy (non-hydrogen) atoms. The molecule has 0 saturated heterocycles. The number of allylic oxidation sites excluding steroid dienone is 4. The van der Waals surface area contributed by atoms with Crippen molar-refractivity contribution in [1.29, 1.82) is 0 Å². The average Bonchev–Trinajstić information content (AvgIpc) is 2.89. The van der Waals surface area contributed by atoms with Gasteiger partial charge in [-0.2, -0.15) is 0 Å². The van der Waals surface area contributed by atoms with Crippen molar-refractivity contribution in [2.24, 2.45) is 5.92 Å². The summed E-state index contributed by atoms with van der Waals surface area (Å²) < 4.78 is 5.26. The van der Waals surface area contributed by atoms with E-state index in [4.69, 9.17) is 4.74 Å². The van der Waals surface area contributed by atoms with Crippen molar-refractivity contribution in [2.75, 3.05) is 7.11 Å². The van der Waals surface area contributed by atoms with E-state index in [0.717, 1.165) is 18.6 Å². The first-order valence-electron chi connectivity index (χ1n) is 8.16. The summed E-state index contributed by atoms with van der Waals surface area (Å²) in [6, 6.07) is 8.37. The second-order valence-corrected chi connectivity index (χ2v) is 6.24. The maximum Gasteiger partial charge on any atom is 0.119 e. The molecule has 1 atom stereocenters. The van der Waals surface area contributed by atoms with Gasteiger partial charge in [0.25, 0.3) is 0 Å². The Morgan fingerprint density at radius 2 is 2.14 bits per heavy atom. The van der Waals surface area contributed by atoms with Crippen molar-refractivity contribution in [3.8, 4) is 5.75 Å². The summed E-state index contributed by atoms with van der Waals surface area (Å²) in [6.07, 6.45) is 12.2. The van der Waals surface area contributed by atoms with Gasteiger partial charge in [0.1, 0.15) is 5.75 Å². The van der Waals surface area contributed by atoms with Crippen LogP contribution in [-0.4, -0.2) is 7.11 Å². The van der Waals surface area contributed by atoms with Gasteiger partial charge in [-0.25, -0.2) is 0 Å². The van der Waals surface area contributed by atoms with Crippen LogP contribution in [0, 0.1) is 5.92 Å². The highest BCUT2D eigenvalue weighted by Crippen LogP contribution is 2.30. The van der Waals surface area contributed by atoms with Gasteiger partial charge in [0, 0.05) is 0 Å². The van der Waals surface area contributed by atoms with Crippen molar-refractivity contribution in [2.45, 2.75) is 52.4 Å². The van der Waals surface area contributed by atoms with E-state index in [9.17, 15) is 0 Å². The zero-order chi connectivity index (χ0) is 15.1. The molecule has 0 bridgehead atoms. The minimum atomic E-state index is 0.665. The molecular formula is C20H28O. The summed E-state index contributed by atoms with van der Waals surface area (Å²) in [6.45, 7) is 4.64. The molecule has 0 N–H and O–H groups in total. The molecule has 2 rings (SSSR count). The van der Waals surface area contributed by atoms with Crippen LogP contribution in [0.1, 0.15) is 51.5 Å². The van der Waals surface area contributed by atoms with Crippen molar-refractivity contribution in [3.63, 3.8) is 0 Å². The summed E-state index contributed by atoms with van der Waals surface area (Å²) in [5.41, 5.74) is 4.70. The molecule has 0 aliphatic heterocycles. The molecule has 1 nitrogen and oxygen atoms in total. The van der Waals surface area contributed by atoms with E-state index in [-0.39, 0.29) is 0 Å². The summed E-state index contributed by atoms with van der Waals surface area (Å²) in [4.78, 5) is 0. The van der Waals surface area contributed by atoms with Crippen molar-refractivity contribution in [1.82, 2.24) is 0 Å². The lowest BCUT2D eigenvalue weighted by atomic mass is 9.97. The third kappa shape index (κ3) is 5.08. The molecule has 1 unspecified atom stereocenters. The Balaban J connectivity index is 1.75. The van der Waals surface area contributed by atoms with E-state index in [2.05, 4.69) is 44.2 Å². The van der Waals surface area contributed by atoms with Gasteiger partial charge >= 0.3 is 0 Å². The Labute approximate surface area is 129 Å². The number of aryl methyl sites for hydroxylation is 1. The summed E-state index contributed by atoms with van der Waals surface area (Å²) in [5.74, 6) is 1.62. The van der Waals surface area contributed by atoms with E-state index in [1.807, 2.05) is 6.07 Å². The molecule has 0 aromatic heterocycles. The lowest BCUT2D eigenvalue weighted by Crippen LogP contribution is -1.93. The van der Waals surface area contributed by atoms with Crippen LogP contribution in [0.2, 0.25) is 0 Å². The minimum Gasteiger partial charge on any atom is -0.497 e. The Morgan fingerprint density at radius 3 is 2.86 bits per heavy atom. The maximum atomic E-state index is 5.26. The van der Waals surface area contributed by atoms with Crippen LogP contribution in [0.4, 0.5) is 0 Å². The van der Waals surface area contributed by atoms with E-state index >= 15 is 0 Å². The monoisotopic (exact) mass is 284 g/mol. The highest BCUT2D eigenvalue weighted by atomic mass is 16.5. The number of hydrogen-bond acceptors (Lipinski definition) is 1. The van der Waals surface area contributed by atoms with Crippen LogP contribution < -0.4 is 4.74 Å². The molecule has 114 valence electrons. The number of hydrogen-bond donors (Lipinski definition) is 0. The average molecular weight is 284 g/mol. The van der Waals surface area contributed by atoms with Crippen LogP contribution >= 0.6 is 0 Å². The third-order valence-corrected chi connectivity index (χ3v) is 4.40. The fraction of sp³-hybridized carbons (Fsp3) is 0.500. The van der Waals surface area contributed by atoms with Crippen LogP contribution in [0.5, 0.6) is 5.75 Å². The Morgan fingerprint density at radius 1 is 1.29 bits per heavy atom. The number of methoxy groups -OCH3 is 1. The van der Waals surface area contributed by atoms with Gasteiger partial charge < -0.3 is 4.74 Å². The maximum absolute atomic E-state index is 5.26. The minimum absolute atomic E-state index is 0.665. The Bertz CT molecular complexity index is 510. The first-order valence-corrected chi connectivity index (χ1v) is 8.16. The third-order valence-electron chi connectivity index (χ3n) is 4.40. The van der Waals surface area contributed by atoms with Crippen LogP contribution in [0.3, 0.4) is 0 Å². The molecule has 0 radical (unpaired) electrons. The summed E-state index contributed by atoms with van der Waals surface area (Å²) >= 11 is 0. The zero-order valence-corrected chi connectivity index (χ0v) is 13.7. The van der Waals surface area contributed by atoms with Crippen LogP contribution in [-0.2, 0) is 6.42 Å². The molecule has 1 aliphatic rings. The van der Waals surface area contributed by atoms with Gasteiger partial charge in [0.2, 0.25) is 0 Å². The highest BCUT2D eigenvalue weighted by Gasteiger charge is 2.12. The van der Waals surface area contributed by atoms with E-state index in [1.54, 1.807) is 18.3 Å². The molecule has 1 aliphatic carbocycles. The van der Waals surface area contributed by atoms with Crippen LogP contribution in [0.15, 0.2) is 47.6 Å². The van der Waals surface area contributed by atoms with Gasteiger partial charge in [0.05, 0.1) is 7.11 Å². The molecule has 0 amide bonds. The van der Waals surface area contributed by atoms with Crippen molar-refractivity contribution < 1.29 is 4.74 Å². The fourth-order valence-corrected chi connectivity index (χ4v) is 3.10. The van der Waals surface area contributed by atoms with Gasteiger partial charge in [-0.05, 0) is 69.1 Å². The van der Waals surface area contributed by atoms with E-state index in [0.29, 0.717) is 5.92 Å². The first kappa shape index (κ1) is 15.9. The normalized spacial score (nSPS) is 16.7. The molecule has 0 saturated carbocycles. The zero-order valence-electron chi connectivity index (χ0n) is 13.7. The summed E-state index contributed by atoms with van der Waals surface area (Å²) in [5, 5.41) is 0. The molecule has 0 heterocycles. The molecule has 0 spiro atoms. The van der Waals surface area contributed by atoms with Gasteiger partial charge in [-0.1, -0.05) is 42.4 Å². The SMILES string of the molecule is COc1cccc(CCC=CC(C)CC2=C(C)CCC2)c1. The quantitative estimate of drug-likeness (QED) is 0.583. The van der Waals surface area contributed by atoms with E-state index in [1.165, 1.54) is 31.2 Å². The molecule has 1 aromatic rings. The Kier molecular flexibility index (Phi) is 6.10. The molecular weight excluding hydrogens is 256 g/mol. The van der Waals surface area contributed by atoms with Crippen molar-refractivity contribution >= 4 is 0 Å². The second kappa shape index (κ2) is 8.07. The topological polar surface area (TPSA) is 9.23 Å². The molecule has 1 aromatic carbocycles. The highest BCUT2D eigenvalue weighted by molar-refractivity contribution is 5.28. The predicted molar refractivity (Wildman–Crippen MR) is 90.8 cm³/mol. The first-order chi connectivity index (χ1) is 10.2. The molecule has 1 heteroatoms. The van der Waals surface area contributed by atoms with E-state index < -0.39 is 0 Å². The number of benzene rings is 1. The lowest BCUT2D eigenvalue weighted by Gasteiger charge is -2.08. The Hall–Kier alpha value is -1.50. The van der Waals surface area contributed by atoms with Gasteiger partial charge in [-0.3, -0.25) is 0 Å². The fourth-order valence-electron chi connectivity index (χ4n) is 3.10.